The summed E-state index contributed by atoms with van der Waals surface area (Å²) in [5, 5.41) is 3.47. The number of anilines is 1. The van der Waals surface area contributed by atoms with Crippen LogP contribution in [0.2, 0.25) is 0 Å². The summed E-state index contributed by atoms with van der Waals surface area (Å²) in [6, 6.07) is 10.6. The van der Waals surface area contributed by atoms with Crippen LogP contribution < -0.4 is 5.32 Å². The van der Waals surface area contributed by atoms with E-state index in [1.54, 1.807) is 17.0 Å². The molecule has 4 rings (SSSR count). The number of nitrogens with zero attached hydrogens (tertiary/aromatic N) is 4. The van der Waals surface area contributed by atoms with Crippen LogP contribution in [0.15, 0.2) is 55.1 Å². The van der Waals surface area contributed by atoms with E-state index in [0.717, 1.165) is 11.6 Å². The van der Waals surface area contributed by atoms with Gasteiger partial charge in [0, 0.05) is 18.9 Å². The number of fused-ring (bicyclic) bond motifs is 1. The molecule has 3 aromatic heterocycles. The van der Waals surface area contributed by atoms with Crippen molar-refractivity contribution in [2.24, 2.45) is 0 Å². The molecule has 0 aliphatic carbocycles. The molecule has 0 radical (unpaired) electrons. The Morgan fingerprint density at radius 1 is 1.12 bits per heavy atom. The molecule has 1 N–H and O–H groups in total. The smallest absolute Gasteiger partial charge is 0.365 e. The Hall–Kier alpha value is -2.94. The number of benzene rings is 1. The molecule has 5 nitrogen and oxygen atoms in total. The van der Waals surface area contributed by atoms with Gasteiger partial charge in [0.15, 0.2) is 0 Å². The fourth-order valence-corrected chi connectivity index (χ4v) is 3.35. The standard InChI is InChI=1S/C17H12F3N5S/c18-17(19,20)13-8-12-14(22-9-11-4-2-1-3-5-11)23-16(24-15(12)26-13)25-7-6-21-10-25/h1-8,10H,9H2,(H,22,23,24). The van der Waals surface area contributed by atoms with Crippen LogP contribution in [0.5, 0.6) is 0 Å². The maximum absolute atomic E-state index is 13.1. The molecule has 0 aliphatic rings. The third kappa shape index (κ3) is 3.25. The van der Waals surface area contributed by atoms with Crippen LogP contribution >= 0.6 is 11.3 Å². The molecule has 0 unspecified atom stereocenters. The minimum atomic E-state index is -4.42. The quantitative estimate of drug-likeness (QED) is 0.570. The van der Waals surface area contributed by atoms with Gasteiger partial charge in [-0.1, -0.05) is 30.3 Å². The van der Waals surface area contributed by atoms with E-state index in [-0.39, 0.29) is 10.8 Å². The number of imidazole rings is 1. The lowest BCUT2D eigenvalue weighted by atomic mass is 10.2. The molecule has 0 amide bonds. The molecule has 0 aliphatic heterocycles. The number of halogens is 3. The molecule has 0 saturated carbocycles. The van der Waals surface area contributed by atoms with Gasteiger partial charge in [0.1, 0.15) is 21.9 Å². The zero-order valence-electron chi connectivity index (χ0n) is 13.2. The van der Waals surface area contributed by atoms with Gasteiger partial charge in [0.2, 0.25) is 5.95 Å². The summed E-state index contributed by atoms with van der Waals surface area (Å²) in [5.74, 6) is 0.621. The lowest BCUT2D eigenvalue weighted by Crippen LogP contribution is -2.06. The topological polar surface area (TPSA) is 55.6 Å². The zero-order valence-corrected chi connectivity index (χ0v) is 14.1. The van der Waals surface area contributed by atoms with Gasteiger partial charge in [0.05, 0.1) is 5.39 Å². The largest absolute Gasteiger partial charge is 0.425 e. The summed E-state index contributed by atoms with van der Waals surface area (Å²) in [4.78, 5) is 12.2. The maximum Gasteiger partial charge on any atom is 0.425 e. The van der Waals surface area contributed by atoms with Crippen molar-refractivity contribution in [3.63, 3.8) is 0 Å². The first-order chi connectivity index (χ1) is 12.5. The number of aromatic nitrogens is 4. The molecule has 132 valence electrons. The first kappa shape index (κ1) is 16.5. The highest BCUT2D eigenvalue weighted by Crippen LogP contribution is 2.39. The van der Waals surface area contributed by atoms with Gasteiger partial charge in [0.25, 0.3) is 0 Å². The van der Waals surface area contributed by atoms with E-state index in [0.29, 0.717) is 29.1 Å². The lowest BCUT2D eigenvalue weighted by molar-refractivity contribution is -0.134. The van der Waals surface area contributed by atoms with E-state index in [9.17, 15) is 13.2 Å². The Labute approximate surface area is 150 Å². The lowest BCUT2D eigenvalue weighted by Gasteiger charge is -2.09. The summed E-state index contributed by atoms with van der Waals surface area (Å²) in [6.45, 7) is 0.438. The van der Waals surface area contributed by atoms with E-state index in [2.05, 4.69) is 20.3 Å². The normalized spacial score (nSPS) is 11.8. The first-order valence-corrected chi connectivity index (χ1v) is 8.47. The number of alkyl halides is 3. The highest BCUT2D eigenvalue weighted by molar-refractivity contribution is 7.18. The van der Waals surface area contributed by atoms with Gasteiger partial charge < -0.3 is 5.32 Å². The molecular formula is C17H12F3N5S. The molecule has 0 saturated heterocycles. The molecule has 0 bridgehead atoms. The molecule has 0 spiro atoms. The van der Waals surface area contributed by atoms with Gasteiger partial charge in [-0.15, -0.1) is 11.3 Å². The van der Waals surface area contributed by atoms with Gasteiger partial charge in [-0.3, -0.25) is 4.57 Å². The van der Waals surface area contributed by atoms with E-state index in [1.165, 1.54) is 6.33 Å². The minimum absolute atomic E-state index is 0.265. The van der Waals surface area contributed by atoms with E-state index in [4.69, 9.17) is 0 Å². The fourth-order valence-electron chi connectivity index (χ4n) is 2.46. The summed E-state index contributed by atoms with van der Waals surface area (Å²) < 4.78 is 40.9. The van der Waals surface area contributed by atoms with E-state index >= 15 is 0 Å². The molecule has 9 heteroatoms. The van der Waals surface area contributed by atoms with Crippen LogP contribution in [-0.4, -0.2) is 19.5 Å². The van der Waals surface area contributed by atoms with Gasteiger partial charge >= 0.3 is 6.18 Å². The first-order valence-electron chi connectivity index (χ1n) is 7.65. The summed E-state index contributed by atoms with van der Waals surface area (Å²) in [7, 11) is 0. The SMILES string of the molecule is FC(F)(F)c1cc2c(NCc3ccccc3)nc(-n3ccnc3)nc2s1. The molecule has 0 atom stereocenters. The Bertz CT molecular complexity index is 1030. The van der Waals surface area contributed by atoms with Crippen LogP contribution in [0.1, 0.15) is 10.4 Å². The molecule has 1 aromatic carbocycles. The Morgan fingerprint density at radius 2 is 1.92 bits per heavy atom. The monoisotopic (exact) mass is 375 g/mol. The number of hydrogen-bond donors (Lipinski definition) is 1. The van der Waals surface area contributed by atoms with E-state index < -0.39 is 11.1 Å². The maximum atomic E-state index is 13.1. The number of nitrogens with one attached hydrogen (secondary N) is 1. The van der Waals surface area contributed by atoms with Crippen molar-refractivity contribution in [2.45, 2.75) is 12.7 Å². The van der Waals surface area contributed by atoms with Crippen molar-refractivity contribution in [3.8, 4) is 5.95 Å². The molecule has 26 heavy (non-hydrogen) atoms. The highest BCUT2D eigenvalue weighted by atomic mass is 32.1. The average Bonchev–Trinajstić information content (AvgIpc) is 3.29. The van der Waals surface area contributed by atoms with Crippen molar-refractivity contribution >= 4 is 27.4 Å². The summed E-state index contributed by atoms with van der Waals surface area (Å²) in [6.07, 6.45) is 0.276. The number of hydrogen-bond acceptors (Lipinski definition) is 5. The van der Waals surface area contributed by atoms with Crippen LogP contribution in [0.25, 0.3) is 16.2 Å². The van der Waals surface area contributed by atoms with E-state index in [1.807, 2.05) is 30.3 Å². The van der Waals surface area contributed by atoms with Crippen molar-refractivity contribution in [2.75, 3.05) is 5.32 Å². The number of rotatable bonds is 4. The highest BCUT2D eigenvalue weighted by Gasteiger charge is 2.33. The second kappa shape index (κ2) is 6.41. The molecule has 4 aromatic rings. The predicted molar refractivity (Wildman–Crippen MR) is 93.3 cm³/mol. The second-order valence-corrected chi connectivity index (χ2v) is 6.54. The van der Waals surface area contributed by atoms with Crippen molar-refractivity contribution in [1.82, 2.24) is 19.5 Å². The molecule has 0 fully saturated rings. The van der Waals surface area contributed by atoms with Crippen molar-refractivity contribution in [1.29, 1.82) is 0 Å². The fraction of sp³-hybridized carbons (Fsp3) is 0.118. The van der Waals surface area contributed by atoms with Crippen molar-refractivity contribution < 1.29 is 13.2 Å². The number of thiophene rings is 1. The van der Waals surface area contributed by atoms with Gasteiger partial charge in [-0.05, 0) is 11.6 Å². The van der Waals surface area contributed by atoms with Gasteiger partial charge in [-0.25, -0.2) is 9.97 Å². The average molecular weight is 375 g/mol. The Balaban J connectivity index is 1.78. The third-order valence-electron chi connectivity index (χ3n) is 3.70. The van der Waals surface area contributed by atoms with Gasteiger partial charge in [-0.2, -0.15) is 18.2 Å². The Morgan fingerprint density at radius 3 is 2.62 bits per heavy atom. The second-order valence-electron chi connectivity index (χ2n) is 5.51. The van der Waals surface area contributed by atoms with Crippen molar-refractivity contribution in [3.05, 3.63) is 65.6 Å². The summed E-state index contributed by atoms with van der Waals surface area (Å²) >= 11 is 0.602. The van der Waals surface area contributed by atoms with Crippen LogP contribution in [0.3, 0.4) is 0 Å². The molecule has 3 heterocycles. The minimum Gasteiger partial charge on any atom is -0.365 e. The zero-order chi connectivity index (χ0) is 18.1. The molecular weight excluding hydrogens is 363 g/mol. The van der Waals surface area contributed by atoms with Crippen LogP contribution in [-0.2, 0) is 12.7 Å². The predicted octanol–water partition coefficient (Wildman–Crippen LogP) is 4.51. The van der Waals surface area contributed by atoms with Crippen LogP contribution in [0.4, 0.5) is 19.0 Å². The Kier molecular flexibility index (Phi) is 4.08. The van der Waals surface area contributed by atoms with Crippen LogP contribution in [0, 0.1) is 0 Å². The summed E-state index contributed by atoms with van der Waals surface area (Å²) in [5.41, 5.74) is 0.995. The third-order valence-corrected chi connectivity index (χ3v) is 4.77.